The van der Waals surface area contributed by atoms with E-state index in [9.17, 15) is 13.6 Å². The Morgan fingerprint density at radius 1 is 1.21 bits per heavy atom. The van der Waals surface area contributed by atoms with Crippen LogP contribution in [-0.4, -0.2) is 17.5 Å². The van der Waals surface area contributed by atoms with Gasteiger partial charge in [-0.25, -0.2) is 4.98 Å². The van der Waals surface area contributed by atoms with Gasteiger partial charge in [-0.05, 0) is 30.3 Å². The first-order valence-corrected chi connectivity index (χ1v) is 7.81. The maximum absolute atomic E-state index is 12.2. The summed E-state index contributed by atoms with van der Waals surface area (Å²) in [6, 6.07) is 13.5. The fourth-order valence-corrected chi connectivity index (χ4v) is 2.91. The normalized spacial score (nSPS) is 11.3. The number of halogens is 2. The number of nitrogens with one attached hydrogen (secondary N) is 1. The predicted octanol–water partition coefficient (Wildman–Crippen LogP) is 4.55. The quantitative estimate of drug-likeness (QED) is 0.690. The predicted molar refractivity (Wildman–Crippen MR) is 90.4 cm³/mol. The van der Waals surface area contributed by atoms with E-state index in [0.717, 1.165) is 10.2 Å². The molecular formula is C17H12F2N2O2S. The van der Waals surface area contributed by atoms with Crippen molar-refractivity contribution >= 4 is 39.2 Å². The molecule has 1 amide bonds. The molecule has 24 heavy (non-hydrogen) atoms. The van der Waals surface area contributed by atoms with Gasteiger partial charge in [0, 0.05) is 17.8 Å². The van der Waals surface area contributed by atoms with Crippen molar-refractivity contribution in [1.29, 1.82) is 0 Å². The lowest BCUT2D eigenvalue weighted by molar-refractivity contribution is -0.111. The van der Waals surface area contributed by atoms with Gasteiger partial charge in [-0.3, -0.25) is 4.79 Å². The lowest BCUT2D eigenvalue weighted by Crippen LogP contribution is -2.08. The average molecular weight is 346 g/mol. The number of nitrogens with zero attached hydrogens (tertiary/aromatic N) is 1. The van der Waals surface area contributed by atoms with Crippen LogP contribution in [0.2, 0.25) is 0 Å². The Hall–Kier alpha value is -2.80. The highest BCUT2D eigenvalue weighted by Crippen LogP contribution is 2.22. The van der Waals surface area contributed by atoms with Crippen molar-refractivity contribution in [2.24, 2.45) is 0 Å². The van der Waals surface area contributed by atoms with E-state index in [1.807, 2.05) is 24.3 Å². The minimum absolute atomic E-state index is 0.0158. The summed E-state index contributed by atoms with van der Waals surface area (Å²) in [4.78, 5) is 16.3. The molecule has 0 saturated carbocycles. The molecule has 0 bridgehead atoms. The zero-order valence-corrected chi connectivity index (χ0v) is 13.1. The fraction of sp³-hybridized carbons (Fsp3) is 0.0588. The van der Waals surface area contributed by atoms with Gasteiger partial charge >= 0.3 is 6.61 Å². The van der Waals surface area contributed by atoms with Crippen LogP contribution in [0.25, 0.3) is 16.3 Å². The molecule has 0 unspecified atom stereocenters. The number of rotatable bonds is 5. The molecule has 2 aromatic carbocycles. The molecule has 1 aromatic heterocycles. The number of fused-ring (bicyclic) bond motifs is 1. The van der Waals surface area contributed by atoms with E-state index in [2.05, 4.69) is 15.0 Å². The summed E-state index contributed by atoms with van der Waals surface area (Å²) >= 11 is 1.47. The number of benzene rings is 2. The first-order chi connectivity index (χ1) is 11.6. The maximum atomic E-state index is 12.2. The van der Waals surface area contributed by atoms with Crippen LogP contribution in [0.5, 0.6) is 5.75 Å². The molecular weight excluding hydrogens is 334 g/mol. The third-order valence-electron chi connectivity index (χ3n) is 3.01. The zero-order valence-electron chi connectivity index (χ0n) is 12.3. The molecule has 1 heterocycles. The molecule has 122 valence electrons. The Labute approximate surface area is 140 Å². The molecule has 0 saturated heterocycles. The van der Waals surface area contributed by atoms with Crippen molar-refractivity contribution in [3.05, 3.63) is 59.6 Å². The Bertz CT molecular complexity index is 860. The first-order valence-electron chi connectivity index (χ1n) is 7.00. The van der Waals surface area contributed by atoms with Crippen molar-refractivity contribution in [3.8, 4) is 5.75 Å². The van der Waals surface area contributed by atoms with Crippen molar-refractivity contribution in [3.63, 3.8) is 0 Å². The van der Waals surface area contributed by atoms with Crippen LogP contribution in [0.1, 0.15) is 5.01 Å². The molecule has 0 aliphatic rings. The summed E-state index contributed by atoms with van der Waals surface area (Å²) in [5.74, 6) is -0.401. The number of aromatic nitrogens is 1. The van der Waals surface area contributed by atoms with Crippen LogP contribution in [0.3, 0.4) is 0 Å². The Morgan fingerprint density at radius 2 is 2.04 bits per heavy atom. The van der Waals surface area contributed by atoms with E-state index in [1.54, 1.807) is 12.1 Å². The van der Waals surface area contributed by atoms with Crippen LogP contribution in [-0.2, 0) is 4.79 Å². The molecule has 3 rings (SSSR count). The average Bonchev–Trinajstić information content (AvgIpc) is 2.95. The SMILES string of the molecule is O=C(/C=C/c1nc2ccccc2s1)Nc1cccc(OC(F)F)c1. The number of hydrogen-bond acceptors (Lipinski definition) is 4. The van der Waals surface area contributed by atoms with Gasteiger partial charge in [0.25, 0.3) is 0 Å². The molecule has 0 aliphatic heterocycles. The molecule has 1 N–H and O–H groups in total. The number of alkyl halides is 2. The fourth-order valence-electron chi connectivity index (χ4n) is 2.04. The van der Waals surface area contributed by atoms with Crippen LogP contribution < -0.4 is 10.1 Å². The van der Waals surface area contributed by atoms with E-state index in [1.165, 1.54) is 35.6 Å². The van der Waals surface area contributed by atoms with Crippen molar-refractivity contribution in [2.75, 3.05) is 5.32 Å². The number of para-hydroxylation sites is 1. The van der Waals surface area contributed by atoms with Crippen LogP contribution in [0.4, 0.5) is 14.5 Å². The summed E-state index contributed by atoms with van der Waals surface area (Å²) in [5.41, 5.74) is 1.24. The molecule has 0 atom stereocenters. The van der Waals surface area contributed by atoms with Crippen LogP contribution in [0, 0.1) is 0 Å². The van der Waals surface area contributed by atoms with E-state index in [-0.39, 0.29) is 11.7 Å². The van der Waals surface area contributed by atoms with E-state index < -0.39 is 6.61 Å². The molecule has 0 aliphatic carbocycles. The van der Waals surface area contributed by atoms with Gasteiger partial charge in [0.15, 0.2) is 0 Å². The highest BCUT2D eigenvalue weighted by Gasteiger charge is 2.06. The van der Waals surface area contributed by atoms with E-state index in [4.69, 9.17) is 0 Å². The van der Waals surface area contributed by atoms with E-state index >= 15 is 0 Å². The summed E-state index contributed by atoms with van der Waals surface area (Å²) in [5, 5.41) is 3.30. The number of thiazole rings is 1. The smallest absolute Gasteiger partial charge is 0.387 e. The summed E-state index contributed by atoms with van der Waals surface area (Å²) in [6.07, 6.45) is 2.96. The van der Waals surface area contributed by atoms with Gasteiger partial charge in [0.1, 0.15) is 10.8 Å². The van der Waals surface area contributed by atoms with Gasteiger partial charge < -0.3 is 10.1 Å². The Morgan fingerprint density at radius 3 is 2.83 bits per heavy atom. The Kier molecular flexibility index (Phi) is 4.81. The van der Waals surface area contributed by atoms with Crippen LogP contribution in [0.15, 0.2) is 54.6 Å². The topological polar surface area (TPSA) is 51.2 Å². The van der Waals surface area contributed by atoms with Gasteiger partial charge in [-0.1, -0.05) is 18.2 Å². The number of carbonyl (C=O) groups is 1. The highest BCUT2D eigenvalue weighted by molar-refractivity contribution is 7.19. The molecule has 0 radical (unpaired) electrons. The first kappa shape index (κ1) is 16.1. The third kappa shape index (κ3) is 4.14. The molecule has 0 spiro atoms. The largest absolute Gasteiger partial charge is 0.435 e. The Balaban J connectivity index is 1.66. The van der Waals surface area contributed by atoms with Crippen molar-refractivity contribution in [2.45, 2.75) is 6.61 Å². The third-order valence-corrected chi connectivity index (χ3v) is 4.02. The number of ether oxygens (including phenoxy) is 1. The van der Waals surface area contributed by atoms with E-state index in [0.29, 0.717) is 10.7 Å². The van der Waals surface area contributed by atoms with Gasteiger partial charge in [-0.15, -0.1) is 11.3 Å². The second-order valence-corrected chi connectivity index (χ2v) is 5.81. The zero-order chi connectivity index (χ0) is 16.9. The van der Waals surface area contributed by atoms with Crippen LogP contribution >= 0.6 is 11.3 Å². The summed E-state index contributed by atoms with van der Waals surface area (Å²) < 4.78 is 29.7. The minimum Gasteiger partial charge on any atom is -0.435 e. The molecule has 0 fully saturated rings. The number of anilines is 1. The number of carbonyl (C=O) groups excluding carboxylic acids is 1. The second kappa shape index (κ2) is 7.18. The van der Waals surface area contributed by atoms with Gasteiger partial charge in [-0.2, -0.15) is 8.78 Å². The molecule has 4 nitrogen and oxygen atoms in total. The summed E-state index contributed by atoms with van der Waals surface area (Å²) in [7, 11) is 0. The molecule has 7 heteroatoms. The summed E-state index contributed by atoms with van der Waals surface area (Å²) in [6.45, 7) is -2.91. The molecule has 3 aromatic rings. The number of amides is 1. The van der Waals surface area contributed by atoms with Gasteiger partial charge in [0.2, 0.25) is 5.91 Å². The maximum Gasteiger partial charge on any atom is 0.387 e. The lowest BCUT2D eigenvalue weighted by atomic mass is 10.3. The van der Waals surface area contributed by atoms with Gasteiger partial charge in [0.05, 0.1) is 10.2 Å². The van der Waals surface area contributed by atoms with Crippen molar-refractivity contribution in [1.82, 2.24) is 4.98 Å². The lowest BCUT2D eigenvalue weighted by Gasteiger charge is -2.06. The van der Waals surface area contributed by atoms with Crippen molar-refractivity contribution < 1.29 is 18.3 Å². The minimum atomic E-state index is -2.91. The number of hydrogen-bond donors (Lipinski definition) is 1. The second-order valence-electron chi connectivity index (χ2n) is 4.75. The standard InChI is InChI=1S/C17H12F2N2O2S/c18-17(19)23-12-5-3-4-11(10-12)20-15(22)8-9-16-21-13-6-1-2-7-14(13)24-16/h1-10,17H,(H,20,22)/b9-8+. The highest BCUT2D eigenvalue weighted by atomic mass is 32.1. The monoisotopic (exact) mass is 346 g/mol.